The average molecular weight is 218 g/mol. The Kier molecular flexibility index (Phi) is 3.84. The van der Waals surface area contributed by atoms with E-state index in [-0.39, 0.29) is 11.9 Å². The molecule has 0 radical (unpaired) electrons. The van der Waals surface area contributed by atoms with Crippen LogP contribution in [-0.4, -0.2) is 35.9 Å². The predicted molar refractivity (Wildman–Crippen MR) is 60.7 cm³/mol. The number of anilines is 1. The quantitative estimate of drug-likeness (QED) is 0.816. The topological polar surface area (TPSA) is 69.0 Å². The first kappa shape index (κ1) is 12.0. The normalized spacial score (nSPS) is 11.4. The molecular weight excluding hydrogens is 204 g/mol. The summed E-state index contributed by atoms with van der Waals surface area (Å²) in [6.07, 6.45) is 1.54. The fourth-order valence-electron chi connectivity index (χ4n) is 1.29. The molecule has 5 nitrogen and oxygen atoms in total. The Morgan fingerprint density at radius 3 is 2.88 bits per heavy atom. The molecule has 0 bridgehead atoms. The van der Waals surface area contributed by atoms with Crippen molar-refractivity contribution < 1.29 is 4.79 Å². The van der Waals surface area contributed by atoms with Crippen molar-refractivity contribution in [2.45, 2.75) is 13.0 Å². The molecule has 1 amide bonds. The lowest BCUT2D eigenvalue weighted by atomic mass is 10.2. The van der Waals surface area contributed by atoms with Crippen LogP contribution in [0.3, 0.4) is 0 Å². The Balaban J connectivity index is 2.81. The highest BCUT2D eigenvalue weighted by molar-refractivity contribution is 5.84. The molecule has 16 heavy (non-hydrogen) atoms. The summed E-state index contributed by atoms with van der Waals surface area (Å²) in [4.78, 5) is 17.0. The summed E-state index contributed by atoms with van der Waals surface area (Å²) < 4.78 is 0. The van der Waals surface area contributed by atoms with Gasteiger partial charge in [0.05, 0.1) is 5.69 Å². The Morgan fingerprint density at radius 2 is 2.31 bits per heavy atom. The largest absolute Gasteiger partial charge is 0.372 e. The van der Waals surface area contributed by atoms with E-state index in [4.69, 9.17) is 5.26 Å². The summed E-state index contributed by atoms with van der Waals surface area (Å²) >= 11 is 0. The van der Waals surface area contributed by atoms with Gasteiger partial charge in [0.2, 0.25) is 5.91 Å². The Hall–Kier alpha value is -2.09. The van der Waals surface area contributed by atoms with Crippen molar-refractivity contribution in [2.24, 2.45) is 0 Å². The highest BCUT2D eigenvalue weighted by Crippen LogP contribution is 2.12. The minimum atomic E-state index is -0.383. The monoisotopic (exact) mass is 218 g/mol. The summed E-state index contributed by atoms with van der Waals surface area (Å²) in [5.74, 6) is -0.0484. The second kappa shape index (κ2) is 5.12. The Labute approximate surface area is 94.7 Å². The van der Waals surface area contributed by atoms with Crippen molar-refractivity contribution in [1.29, 1.82) is 5.26 Å². The van der Waals surface area contributed by atoms with E-state index >= 15 is 0 Å². The van der Waals surface area contributed by atoms with Crippen LogP contribution in [-0.2, 0) is 4.79 Å². The summed E-state index contributed by atoms with van der Waals surface area (Å²) in [6, 6.07) is 5.03. The molecule has 0 saturated carbocycles. The van der Waals surface area contributed by atoms with Gasteiger partial charge in [0.25, 0.3) is 0 Å². The molecule has 1 aromatic rings. The van der Waals surface area contributed by atoms with Crippen molar-refractivity contribution in [1.82, 2.24) is 9.88 Å². The van der Waals surface area contributed by atoms with Crippen LogP contribution in [0.25, 0.3) is 0 Å². The van der Waals surface area contributed by atoms with Gasteiger partial charge in [0, 0.05) is 20.3 Å². The van der Waals surface area contributed by atoms with E-state index in [9.17, 15) is 4.79 Å². The van der Waals surface area contributed by atoms with E-state index in [1.54, 1.807) is 39.3 Å². The van der Waals surface area contributed by atoms with Crippen LogP contribution in [0.2, 0.25) is 0 Å². The van der Waals surface area contributed by atoms with Crippen LogP contribution in [0.5, 0.6) is 0 Å². The van der Waals surface area contributed by atoms with Crippen LogP contribution in [0.4, 0.5) is 5.69 Å². The molecule has 84 valence electrons. The lowest BCUT2D eigenvalue weighted by molar-refractivity contribution is -0.129. The molecule has 0 fully saturated rings. The highest BCUT2D eigenvalue weighted by Gasteiger charge is 2.15. The lowest BCUT2D eigenvalue weighted by Gasteiger charge is -2.19. The van der Waals surface area contributed by atoms with Crippen molar-refractivity contribution in [3.8, 4) is 6.07 Å². The number of rotatable bonds is 3. The van der Waals surface area contributed by atoms with E-state index in [0.29, 0.717) is 11.4 Å². The number of aromatic nitrogens is 1. The Morgan fingerprint density at radius 1 is 1.62 bits per heavy atom. The molecule has 1 N–H and O–H groups in total. The molecule has 1 unspecified atom stereocenters. The SMILES string of the molecule is CC(Nc1cccnc1C#N)C(=O)N(C)C. The van der Waals surface area contributed by atoms with E-state index in [1.165, 1.54) is 4.90 Å². The van der Waals surface area contributed by atoms with Crippen LogP contribution in [0.1, 0.15) is 12.6 Å². The maximum atomic E-state index is 11.6. The van der Waals surface area contributed by atoms with Crippen LogP contribution in [0, 0.1) is 11.3 Å². The number of nitriles is 1. The second-order valence-corrected chi connectivity index (χ2v) is 3.61. The van der Waals surface area contributed by atoms with Crippen molar-refractivity contribution in [3.05, 3.63) is 24.0 Å². The Bertz CT molecular complexity index is 422. The molecule has 0 aliphatic carbocycles. The number of nitrogens with zero attached hydrogens (tertiary/aromatic N) is 3. The summed E-state index contributed by atoms with van der Waals surface area (Å²) in [5.41, 5.74) is 0.869. The number of carbonyl (C=O) groups is 1. The number of likely N-dealkylation sites (N-methyl/N-ethyl adjacent to an activating group) is 1. The van der Waals surface area contributed by atoms with Gasteiger partial charge in [-0.15, -0.1) is 0 Å². The zero-order valence-corrected chi connectivity index (χ0v) is 9.56. The molecule has 0 aliphatic heterocycles. The minimum Gasteiger partial charge on any atom is -0.372 e. The van der Waals surface area contributed by atoms with E-state index in [0.717, 1.165) is 0 Å². The standard InChI is InChI=1S/C11H14N4O/c1-8(11(16)15(2)3)14-9-5-4-6-13-10(9)7-12/h4-6,8,14H,1-3H3. The first-order valence-corrected chi connectivity index (χ1v) is 4.89. The summed E-state index contributed by atoms with van der Waals surface area (Å²) in [7, 11) is 3.38. The number of hydrogen-bond acceptors (Lipinski definition) is 4. The van der Waals surface area contributed by atoms with Crippen LogP contribution < -0.4 is 5.32 Å². The van der Waals surface area contributed by atoms with Crippen LogP contribution in [0.15, 0.2) is 18.3 Å². The summed E-state index contributed by atoms with van der Waals surface area (Å²) in [6.45, 7) is 1.75. The predicted octanol–water partition coefficient (Wildman–Crippen LogP) is 0.842. The van der Waals surface area contributed by atoms with Crippen molar-refractivity contribution in [3.63, 3.8) is 0 Å². The van der Waals surface area contributed by atoms with Gasteiger partial charge in [-0.1, -0.05) is 0 Å². The number of carbonyl (C=O) groups excluding carboxylic acids is 1. The molecule has 1 rings (SSSR count). The van der Waals surface area contributed by atoms with Gasteiger partial charge in [0.1, 0.15) is 12.1 Å². The smallest absolute Gasteiger partial charge is 0.244 e. The van der Waals surface area contributed by atoms with Crippen LogP contribution >= 0.6 is 0 Å². The lowest BCUT2D eigenvalue weighted by Crippen LogP contribution is -2.36. The molecular formula is C11H14N4O. The number of amides is 1. The zero-order chi connectivity index (χ0) is 12.1. The highest BCUT2D eigenvalue weighted by atomic mass is 16.2. The maximum absolute atomic E-state index is 11.6. The van der Waals surface area contributed by atoms with E-state index in [2.05, 4.69) is 10.3 Å². The third kappa shape index (κ3) is 2.70. The van der Waals surface area contributed by atoms with Gasteiger partial charge >= 0.3 is 0 Å². The fourth-order valence-corrected chi connectivity index (χ4v) is 1.29. The molecule has 1 atom stereocenters. The second-order valence-electron chi connectivity index (χ2n) is 3.61. The molecule has 0 spiro atoms. The molecule has 0 aromatic carbocycles. The van der Waals surface area contributed by atoms with Gasteiger partial charge in [0.15, 0.2) is 5.69 Å². The van der Waals surface area contributed by atoms with Gasteiger partial charge in [-0.3, -0.25) is 4.79 Å². The van der Waals surface area contributed by atoms with Crippen molar-refractivity contribution in [2.75, 3.05) is 19.4 Å². The minimum absolute atomic E-state index is 0.0484. The molecule has 5 heteroatoms. The summed E-state index contributed by atoms with van der Waals surface area (Å²) in [5, 5.41) is 11.8. The fraction of sp³-hybridized carbons (Fsp3) is 0.364. The molecule has 1 heterocycles. The first-order valence-electron chi connectivity index (χ1n) is 4.89. The number of nitrogens with one attached hydrogen (secondary N) is 1. The number of hydrogen-bond donors (Lipinski definition) is 1. The van der Waals surface area contributed by atoms with Crippen molar-refractivity contribution >= 4 is 11.6 Å². The van der Waals surface area contributed by atoms with Gasteiger partial charge in [-0.25, -0.2) is 4.98 Å². The molecule has 1 aromatic heterocycles. The van der Waals surface area contributed by atoms with Gasteiger partial charge in [-0.2, -0.15) is 5.26 Å². The first-order chi connectivity index (χ1) is 7.56. The number of pyridine rings is 1. The zero-order valence-electron chi connectivity index (χ0n) is 9.56. The third-order valence-electron chi connectivity index (χ3n) is 2.10. The average Bonchev–Trinajstić information content (AvgIpc) is 2.28. The van der Waals surface area contributed by atoms with Gasteiger partial charge in [-0.05, 0) is 19.1 Å². The van der Waals surface area contributed by atoms with E-state index in [1.807, 2.05) is 6.07 Å². The molecule has 0 saturated heterocycles. The van der Waals surface area contributed by atoms with E-state index < -0.39 is 0 Å². The van der Waals surface area contributed by atoms with Gasteiger partial charge < -0.3 is 10.2 Å². The maximum Gasteiger partial charge on any atom is 0.244 e. The third-order valence-corrected chi connectivity index (χ3v) is 2.10. The molecule has 0 aliphatic rings.